The third kappa shape index (κ3) is 3.16. The Labute approximate surface area is 138 Å². The molecule has 1 aliphatic heterocycles. The molecule has 0 saturated carbocycles. The van der Waals surface area contributed by atoms with Crippen molar-refractivity contribution in [1.82, 2.24) is 14.5 Å². The summed E-state index contributed by atoms with van der Waals surface area (Å²) < 4.78 is 1.49. The largest absolute Gasteiger partial charge is 0.388 e. The summed E-state index contributed by atoms with van der Waals surface area (Å²) in [6.07, 6.45) is 3.47. The van der Waals surface area contributed by atoms with Gasteiger partial charge in [-0.1, -0.05) is 0 Å². The molecule has 2 aromatic rings. The highest BCUT2D eigenvalue weighted by atomic mass is 32.1. The first-order chi connectivity index (χ1) is 10.9. The molecule has 1 atom stereocenters. The van der Waals surface area contributed by atoms with E-state index in [-0.39, 0.29) is 23.9 Å². The van der Waals surface area contributed by atoms with Gasteiger partial charge < -0.3 is 10.0 Å². The van der Waals surface area contributed by atoms with E-state index in [1.807, 2.05) is 5.38 Å². The SMILES string of the molecule is CC(C)(O)C1CCCN1C(=O)CCn1cnc2sccc2c1=O. The normalized spacial score (nSPS) is 18.7. The second-order valence-electron chi connectivity index (χ2n) is 6.53. The van der Waals surface area contributed by atoms with Gasteiger partial charge in [0.05, 0.1) is 23.4 Å². The average molecular weight is 335 g/mol. The van der Waals surface area contributed by atoms with Gasteiger partial charge in [-0.3, -0.25) is 14.2 Å². The van der Waals surface area contributed by atoms with E-state index in [9.17, 15) is 14.7 Å². The second-order valence-corrected chi connectivity index (χ2v) is 7.43. The number of hydrogen-bond donors (Lipinski definition) is 1. The molecule has 6 nitrogen and oxygen atoms in total. The van der Waals surface area contributed by atoms with Crippen molar-refractivity contribution in [2.24, 2.45) is 0 Å². The van der Waals surface area contributed by atoms with Crippen LogP contribution < -0.4 is 5.56 Å². The van der Waals surface area contributed by atoms with E-state index >= 15 is 0 Å². The minimum atomic E-state index is -0.903. The molecular formula is C16H21N3O3S. The molecule has 1 unspecified atom stereocenters. The first kappa shape index (κ1) is 16.1. The summed E-state index contributed by atoms with van der Waals surface area (Å²) in [6.45, 7) is 4.46. The van der Waals surface area contributed by atoms with E-state index in [4.69, 9.17) is 0 Å². The van der Waals surface area contributed by atoms with Crippen LogP contribution >= 0.6 is 11.3 Å². The topological polar surface area (TPSA) is 75.4 Å². The van der Waals surface area contributed by atoms with Gasteiger partial charge in [-0.2, -0.15) is 0 Å². The molecule has 1 aliphatic rings. The Hall–Kier alpha value is -1.73. The quantitative estimate of drug-likeness (QED) is 0.921. The van der Waals surface area contributed by atoms with Crippen LogP contribution in [0, 0.1) is 0 Å². The fraction of sp³-hybridized carbons (Fsp3) is 0.562. The number of aromatic nitrogens is 2. The molecule has 1 N–H and O–H groups in total. The standard InChI is InChI=1S/C16H21N3O3S/c1-16(2,22)12-4-3-7-19(12)13(20)5-8-18-10-17-14-11(15(18)21)6-9-23-14/h6,9-10,12,22H,3-5,7-8H2,1-2H3. The molecule has 1 fully saturated rings. The van der Waals surface area contributed by atoms with Crippen LogP contribution in [0.2, 0.25) is 0 Å². The molecule has 2 aromatic heterocycles. The van der Waals surface area contributed by atoms with E-state index in [1.54, 1.807) is 24.8 Å². The zero-order valence-corrected chi connectivity index (χ0v) is 14.2. The molecular weight excluding hydrogens is 314 g/mol. The zero-order valence-electron chi connectivity index (χ0n) is 13.4. The molecule has 3 heterocycles. The smallest absolute Gasteiger partial charge is 0.262 e. The van der Waals surface area contributed by atoms with Crippen molar-refractivity contribution in [3.05, 3.63) is 28.1 Å². The number of amides is 1. The fourth-order valence-corrected chi connectivity index (χ4v) is 3.94. The second kappa shape index (κ2) is 6.05. The average Bonchev–Trinajstić information content (AvgIpc) is 3.14. The number of likely N-dealkylation sites (tertiary alicyclic amines) is 1. The maximum absolute atomic E-state index is 12.5. The van der Waals surface area contributed by atoms with Crippen LogP contribution in [0.5, 0.6) is 0 Å². The molecule has 0 radical (unpaired) electrons. The van der Waals surface area contributed by atoms with Gasteiger partial charge >= 0.3 is 0 Å². The van der Waals surface area contributed by atoms with Crippen LogP contribution in [0.1, 0.15) is 33.1 Å². The number of carbonyl (C=O) groups excluding carboxylic acids is 1. The maximum atomic E-state index is 12.5. The minimum Gasteiger partial charge on any atom is -0.388 e. The fourth-order valence-electron chi connectivity index (χ4n) is 3.21. The summed E-state index contributed by atoms with van der Waals surface area (Å²) >= 11 is 1.43. The molecule has 1 amide bonds. The number of rotatable bonds is 4. The molecule has 0 bridgehead atoms. The lowest BCUT2D eigenvalue weighted by molar-refractivity contribution is -0.136. The molecule has 1 saturated heterocycles. The van der Waals surface area contributed by atoms with Crippen molar-refractivity contribution in [3.8, 4) is 0 Å². The predicted octanol–water partition coefficient (Wildman–Crippen LogP) is 1.61. The number of aliphatic hydroxyl groups is 1. The maximum Gasteiger partial charge on any atom is 0.262 e. The van der Waals surface area contributed by atoms with Crippen molar-refractivity contribution < 1.29 is 9.90 Å². The Morgan fingerprint density at radius 1 is 1.52 bits per heavy atom. The predicted molar refractivity (Wildman–Crippen MR) is 89.5 cm³/mol. The van der Waals surface area contributed by atoms with E-state index in [0.29, 0.717) is 18.5 Å². The van der Waals surface area contributed by atoms with Gasteiger partial charge in [0.25, 0.3) is 5.56 Å². The van der Waals surface area contributed by atoms with Crippen LogP contribution in [-0.4, -0.2) is 43.7 Å². The number of hydrogen-bond acceptors (Lipinski definition) is 5. The molecule has 124 valence electrons. The first-order valence-electron chi connectivity index (χ1n) is 7.82. The lowest BCUT2D eigenvalue weighted by Crippen LogP contribution is -2.48. The van der Waals surface area contributed by atoms with Gasteiger partial charge in [0.1, 0.15) is 4.83 Å². The summed E-state index contributed by atoms with van der Waals surface area (Å²) in [7, 11) is 0. The molecule has 23 heavy (non-hydrogen) atoms. The minimum absolute atomic E-state index is 0.0214. The molecule has 0 spiro atoms. The van der Waals surface area contributed by atoms with E-state index in [1.165, 1.54) is 22.2 Å². The third-order valence-corrected chi connectivity index (χ3v) is 5.23. The summed E-state index contributed by atoms with van der Waals surface area (Å²) in [4.78, 5) is 31.5. The number of aryl methyl sites for hydroxylation is 1. The summed E-state index contributed by atoms with van der Waals surface area (Å²) in [6, 6.07) is 1.61. The summed E-state index contributed by atoms with van der Waals surface area (Å²) in [5, 5.41) is 12.6. The molecule has 3 rings (SSSR count). The van der Waals surface area contributed by atoms with Crippen LogP contribution in [0.3, 0.4) is 0 Å². The third-order valence-electron chi connectivity index (χ3n) is 4.41. The van der Waals surface area contributed by atoms with Crippen molar-refractivity contribution in [3.63, 3.8) is 0 Å². The highest BCUT2D eigenvalue weighted by Gasteiger charge is 2.38. The van der Waals surface area contributed by atoms with Crippen molar-refractivity contribution in [1.29, 1.82) is 0 Å². The van der Waals surface area contributed by atoms with Crippen molar-refractivity contribution in [2.75, 3.05) is 6.54 Å². The lowest BCUT2D eigenvalue weighted by Gasteiger charge is -2.33. The highest BCUT2D eigenvalue weighted by molar-refractivity contribution is 7.16. The van der Waals surface area contributed by atoms with Gasteiger partial charge in [-0.15, -0.1) is 11.3 Å². The zero-order chi connectivity index (χ0) is 16.6. The van der Waals surface area contributed by atoms with Crippen LogP contribution in [0.4, 0.5) is 0 Å². The number of fused-ring (bicyclic) bond motifs is 1. The highest BCUT2D eigenvalue weighted by Crippen LogP contribution is 2.27. The number of nitrogens with zero attached hydrogens (tertiary/aromatic N) is 3. The molecule has 7 heteroatoms. The Kier molecular flexibility index (Phi) is 4.25. The molecule has 0 aromatic carbocycles. The van der Waals surface area contributed by atoms with Crippen LogP contribution in [0.25, 0.3) is 10.2 Å². The Bertz CT molecular complexity index is 775. The summed E-state index contributed by atoms with van der Waals surface area (Å²) in [5.74, 6) is -0.0214. The van der Waals surface area contributed by atoms with Crippen molar-refractivity contribution in [2.45, 2.75) is 51.3 Å². The summed E-state index contributed by atoms with van der Waals surface area (Å²) in [5.41, 5.74) is -1.01. The van der Waals surface area contributed by atoms with E-state index in [2.05, 4.69) is 4.98 Å². The number of thiophene rings is 1. The van der Waals surface area contributed by atoms with Gasteiger partial charge in [0, 0.05) is 19.5 Å². The van der Waals surface area contributed by atoms with Gasteiger partial charge in [-0.05, 0) is 38.1 Å². The first-order valence-corrected chi connectivity index (χ1v) is 8.70. The van der Waals surface area contributed by atoms with Crippen LogP contribution in [0.15, 0.2) is 22.6 Å². The Morgan fingerprint density at radius 3 is 3.04 bits per heavy atom. The Balaban J connectivity index is 1.71. The van der Waals surface area contributed by atoms with E-state index in [0.717, 1.165) is 17.7 Å². The number of carbonyl (C=O) groups is 1. The molecule has 0 aliphatic carbocycles. The van der Waals surface area contributed by atoms with E-state index < -0.39 is 5.60 Å². The van der Waals surface area contributed by atoms with Crippen molar-refractivity contribution >= 4 is 27.5 Å². The lowest BCUT2D eigenvalue weighted by atomic mass is 9.96. The van der Waals surface area contributed by atoms with Crippen LogP contribution in [-0.2, 0) is 11.3 Å². The monoisotopic (exact) mass is 335 g/mol. The van der Waals surface area contributed by atoms with Gasteiger partial charge in [0.15, 0.2) is 0 Å². The Morgan fingerprint density at radius 2 is 2.30 bits per heavy atom. The van der Waals surface area contributed by atoms with Gasteiger partial charge in [-0.25, -0.2) is 4.98 Å². The van der Waals surface area contributed by atoms with Gasteiger partial charge in [0.2, 0.25) is 5.91 Å².